The quantitative estimate of drug-likeness (QED) is 0.359. The summed E-state index contributed by atoms with van der Waals surface area (Å²) in [6.07, 6.45) is 1.24. The topological polar surface area (TPSA) is 80.5 Å². The van der Waals surface area contributed by atoms with Crippen molar-refractivity contribution in [3.63, 3.8) is 0 Å². The molecule has 1 amide bonds. The SMILES string of the molecule is CC1=CN(N)C(=O)C(C(=O)c2ccccc2)C1=O. The van der Waals surface area contributed by atoms with E-state index in [0.717, 1.165) is 5.01 Å². The highest BCUT2D eigenvalue weighted by molar-refractivity contribution is 6.28. The number of allylic oxidation sites excluding steroid dienone is 1. The van der Waals surface area contributed by atoms with Gasteiger partial charge in [0.2, 0.25) is 0 Å². The second-order valence-corrected chi connectivity index (χ2v) is 4.09. The number of hydrogen-bond acceptors (Lipinski definition) is 4. The van der Waals surface area contributed by atoms with Crippen LogP contribution >= 0.6 is 0 Å². The smallest absolute Gasteiger partial charge is 0.259 e. The monoisotopic (exact) mass is 244 g/mol. The zero-order valence-electron chi connectivity index (χ0n) is 9.79. The number of hydrogen-bond donors (Lipinski definition) is 1. The molecule has 0 aromatic heterocycles. The summed E-state index contributed by atoms with van der Waals surface area (Å²) >= 11 is 0. The van der Waals surface area contributed by atoms with Gasteiger partial charge in [0, 0.05) is 17.3 Å². The van der Waals surface area contributed by atoms with E-state index < -0.39 is 23.4 Å². The largest absolute Gasteiger partial charge is 0.293 e. The highest BCUT2D eigenvalue weighted by atomic mass is 16.2. The first-order valence-corrected chi connectivity index (χ1v) is 5.42. The minimum Gasteiger partial charge on any atom is -0.293 e. The molecule has 92 valence electrons. The van der Waals surface area contributed by atoms with Gasteiger partial charge < -0.3 is 0 Å². The molecule has 2 rings (SSSR count). The maximum atomic E-state index is 12.2. The minimum absolute atomic E-state index is 0.298. The molecular formula is C13H12N2O3. The fourth-order valence-electron chi connectivity index (χ4n) is 1.83. The van der Waals surface area contributed by atoms with Gasteiger partial charge in [-0.1, -0.05) is 30.3 Å². The van der Waals surface area contributed by atoms with Gasteiger partial charge in [-0.15, -0.1) is 0 Å². The summed E-state index contributed by atoms with van der Waals surface area (Å²) in [7, 11) is 0. The first-order chi connectivity index (χ1) is 8.52. The first-order valence-electron chi connectivity index (χ1n) is 5.42. The van der Waals surface area contributed by atoms with E-state index in [1.54, 1.807) is 30.3 Å². The van der Waals surface area contributed by atoms with Crippen LogP contribution in [0.4, 0.5) is 0 Å². The Morgan fingerprint density at radius 3 is 2.44 bits per heavy atom. The predicted octanol–water partition coefficient (Wildman–Crippen LogP) is 0.674. The average Bonchev–Trinajstić information content (AvgIpc) is 2.37. The maximum absolute atomic E-state index is 12.2. The van der Waals surface area contributed by atoms with E-state index in [-0.39, 0.29) is 0 Å². The molecule has 1 unspecified atom stereocenters. The van der Waals surface area contributed by atoms with E-state index in [9.17, 15) is 14.4 Å². The van der Waals surface area contributed by atoms with Crippen LogP contribution in [0, 0.1) is 5.92 Å². The number of amides is 1. The van der Waals surface area contributed by atoms with Crippen LogP contribution in [0.2, 0.25) is 0 Å². The standard InChI is InChI=1S/C13H12N2O3/c1-8-7-15(14)13(18)10(11(8)16)12(17)9-5-3-2-4-6-9/h2-7,10H,14H2,1H3. The van der Waals surface area contributed by atoms with E-state index in [1.807, 2.05) is 0 Å². The van der Waals surface area contributed by atoms with E-state index in [1.165, 1.54) is 13.1 Å². The Bertz CT molecular complexity index is 549. The third-order valence-electron chi connectivity index (χ3n) is 2.81. The fraction of sp³-hybridized carbons (Fsp3) is 0.154. The predicted molar refractivity (Wildman–Crippen MR) is 64.1 cm³/mol. The number of nitrogens with zero attached hydrogens (tertiary/aromatic N) is 1. The van der Waals surface area contributed by atoms with Gasteiger partial charge in [0.1, 0.15) is 0 Å². The Labute approximate surface area is 104 Å². The lowest BCUT2D eigenvalue weighted by Gasteiger charge is -2.24. The van der Waals surface area contributed by atoms with Crippen LogP contribution in [0.1, 0.15) is 17.3 Å². The Hall–Kier alpha value is -2.27. The van der Waals surface area contributed by atoms with Gasteiger partial charge >= 0.3 is 0 Å². The first kappa shape index (κ1) is 12.2. The van der Waals surface area contributed by atoms with E-state index in [4.69, 9.17) is 5.84 Å². The Morgan fingerprint density at radius 2 is 1.83 bits per heavy atom. The van der Waals surface area contributed by atoms with Crippen molar-refractivity contribution in [2.75, 3.05) is 0 Å². The molecule has 0 fully saturated rings. The summed E-state index contributed by atoms with van der Waals surface area (Å²) in [5.74, 6) is 2.38. The average molecular weight is 244 g/mol. The molecule has 0 saturated carbocycles. The zero-order chi connectivity index (χ0) is 13.3. The Balaban J connectivity index is 2.39. The van der Waals surface area contributed by atoms with Crippen molar-refractivity contribution in [3.05, 3.63) is 47.7 Å². The molecule has 1 aliphatic heterocycles. The number of rotatable bonds is 2. The molecule has 5 nitrogen and oxygen atoms in total. The van der Waals surface area contributed by atoms with Gasteiger partial charge in [0.25, 0.3) is 5.91 Å². The second-order valence-electron chi connectivity index (χ2n) is 4.09. The van der Waals surface area contributed by atoms with E-state index in [0.29, 0.717) is 11.1 Å². The van der Waals surface area contributed by atoms with Gasteiger partial charge in [-0.05, 0) is 6.92 Å². The zero-order valence-corrected chi connectivity index (χ0v) is 9.79. The van der Waals surface area contributed by atoms with Crippen molar-refractivity contribution in [1.82, 2.24) is 5.01 Å². The lowest BCUT2D eigenvalue weighted by molar-refractivity contribution is -0.137. The minimum atomic E-state index is -1.36. The van der Waals surface area contributed by atoms with Crippen molar-refractivity contribution in [3.8, 4) is 0 Å². The van der Waals surface area contributed by atoms with Gasteiger partial charge in [0.15, 0.2) is 17.5 Å². The summed E-state index contributed by atoms with van der Waals surface area (Å²) in [4.78, 5) is 35.9. The van der Waals surface area contributed by atoms with Crippen LogP contribution in [-0.2, 0) is 9.59 Å². The molecule has 0 aliphatic carbocycles. The highest BCUT2D eigenvalue weighted by Gasteiger charge is 2.40. The lowest BCUT2D eigenvalue weighted by Crippen LogP contribution is -2.48. The molecule has 1 heterocycles. The molecule has 5 heteroatoms. The molecule has 0 bridgehead atoms. The van der Waals surface area contributed by atoms with Gasteiger partial charge in [0.05, 0.1) is 0 Å². The van der Waals surface area contributed by atoms with Crippen molar-refractivity contribution in [2.45, 2.75) is 6.92 Å². The number of ketones is 2. The molecule has 1 atom stereocenters. The Morgan fingerprint density at radius 1 is 1.22 bits per heavy atom. The lowest BCUT2D eigenvalue weighted by atomic mass is 9.88. The molecule has 2 N–H and O–H groups in total. The van der Waals surface area contributed by atoms with Crippen LogP contribution in [0.15, 0.2) is 42.1 Å². The van der Waals surface area contributed by atoms with Crippen molar-refractivity contribution in [1.29, 1.82) is 0 Å². The highest BCUT2D eigenvalue weighted by Crippen LogP contribution is 2.20. The summed E-state index contributed by atoms with van der Waals surface area (Å²) in [5.41, 5.74) is 0.624. The van der Waals surface area contributed by atoms with Gasteiger partial charge in [-0.25, -0.2) is 5.84 Å². The van der Waals surface area contributed by atoms with E-state index in [2.05, 4.69) is 0 Å². The molecule has 1 aromatic carbocycles. The van der Waals surface area contributed by atoms with Crippen molar-refractivity contribution in [2.24, 2.45) is 11.8 Å². The third-order valence-corrected chi connectivity index (χ3v) is 2.81. The third kappa shape index (κ3) is 1.96. The van der Waals surface area contributed by atoms with Gasteiger partial charge in [-0.3, -0.25) is 19.4 Å². The molecule has 18 heavy (non-hydrogen) atoms. The second kappa shape index (κ2) is 4.54. The molecular weight excluding hydrogens is 232 g/mol. The number of nitrogens with two attached hydrogens (primary N) is 1. The van der Waals surface area contributed by atoms with Crippen LogP contribution in [0.3, 0.4) is 0 Å². The molecule has 0 spiro atoms. The number of Topliss-reactive ketones (excluding diaryl/α,β-unsaturated/α-hetero) is 2. The van der Waals surface area contributed by atoms with Crippen molar-refractivity contribution >= 4 is 17.5 Å². The number of carbonyl (C=O) groups is 3. The normalized spacial score (nSPS) is 19.8. The van der Waals surface area contributed by atoms with Crippen LogP contribution in [0.25, 0.3) is 0 Å². The molecule has 0 saturated heterocycles. The summed E-state index contributed by atoms with van der Waals surface area (Å²) in [6, 6.07) is 8.23. The maximum Gasteiger partial charge on any atom is 0.259 e. The van der Waals surface area contributed by atoms with Crippen molar-refractivity contribution < 1.29 is 14.4 Å². The van der Waals surface area contributed by atoms with Crippen LogP contribution < -0.4 is 5.84 Å². The molecule has 1 aliphatic rings. The van der Waals surface area contributed by atoms with Crippen LogP contribution in [-0.4, -0.2) is 22.5 Å². The number of hydrazine groups is 1. The number of carbonyl (C=O) groups excluding carboxylic acids is 3. The summed E-state index contributed by atoms with van der Waals surface area (Å²) in [6.45, 7) is 1.53. The van der Waals surface area contributed by atoms with E-state index >= 15 is 0 Å². The Kier molecular flexibility index (Phi) is 3.08. The fourth-order valence-corrected chi connectivity index (χ4v) is 1.83. The number of benzene rings is 1. The molecule has 1 aromatic rings. The summed E-state index contributed by atoms with van der Waals surface area (Å²) < 4.78 is 0. The molecule has 0 radical (unpaired) electrons. The van der Waals surface area contributed by atoms with Crippen LogP contribution in [0.5, 0.6) is 0 Å². The summed E-state index contributed by atoms with van der Waals surface area (Å²) in [5, 5.41) is 0.794. The van der Waals surface area contributed by atoms with Gasteiger partial charge in [-0.2, -0.15) is 0 Å².